The van der Waals surface area contributed by atoms with Crippen LogP contribution in [0.25, 0.3) is 0 Å². The van der Waals surface area contributed by atoms with Crippen LogP contribution >= 0.6 is 0 Å². The number of phenols is 1. The number of aromatic hydroxyl groups is 1. The summed E-state index contributed by atoms with van der Waals surface area (Å²) in [4.78, 5) is 4.02. The quantitative estimate of drug-likeness (QED) is 0.877. The minimum Gasteiger partial charge on any atom is -0.508 e. The van der Waals surface area contributed by atoms with E-state index in [4.69, 9.17) is 4.74 Å². The molecule has 2 N–H and O–H groups in total. The lowest BCUT2D eigenvalue weighted by Crippen LogP contribution is -2.22. The van der Waals surface area contributed by atoms with Gasteiger partial charge < -0.3 is 15.2 Å². The number of methoxy groups -OCH3 is 1. The predicted molar refractivity (Wildman–Crippen MR) is 78.9 cm³/mol. The van der Waals surface area contributed by atoms with Gasteiger partial charge in [-0.25, -0.2) is 0 Å². The normalized spacial score (nSPS) is 13.8. The second-order valence-electron chi connectivity index (χ2n) is 4.82. The van der Waals surface area contributed by atoms with Crippen molar-refractivity contribution >= 4 is 0 Å². The molecule has 2 atom stereocenters. The number of ether oxygens (including phenoxy) is 1. The van der Waals surface area contributed by atoms with Crippen LogP contribution < -0.4 is 10.1 Å². The molecular formula is C16H20N2O2. The summed E-state index contributed by atoms with van der Waals surface area (Å²) in [6.07, 6.45) is 3.56. The SMILES string of the molecule is COc1ccc(O)c(C(C)NC(C)c2ccncc2)c1. The molecule has 0 radical (unpaired) electrons. The Kier molecular flexibility index (Phi) is 4.58. The molecule has 2 rings (SSSR count). The zero-order valence-corrected chi connectivity index (χ0v) is 12.0. The van der Waals surface area contributed by atoms with Crippen LogP contribution in [0, 0.1) is 0 Å². The summed E-state index contributed by atoms with van der Waals surface area (Å²) in [6.45, 7) is 4.11. The molecule has 2 aromatic rings. The first-order chi connectivity index (χ1) is 9.61. The molecule has 106 valence electrons. The molecule has 4 heteroatoms. The van der Waals surface area contributed by atoms with Crippen LogP contribution in [0.2, 0.25) is 0 Å². The van der Waals surface area contributed by atoms with Gasteiger partial charge in [0.1, 0.15) is 11.5 Å². The minimum absolute atomic E-state index is 0.00765. The molecule has 20 heavy (non-hydrogen) atoms. The molecule has 0 saturated heterocycles. The van der Waals surface area contributed by atoms with Crippen molar-refractivity contribution in [1.29, 1.82) is 0 Å². The van der Waals surface area contributed by atoms with Gasteiger partial charge in [-0.1, -0.05) is 0 Å². The maximum absolute atomic E-state index is 9.98. The number of nitrogens with one attached hydrogen (secondary N) is 1. The number of nitrogens with zero attached hydrogens (tertiary/aromatic N) is 1. The van der Waals surface area contributed by atoms with Crippen molar-refractivity contribution < 1.29 is 9.84 Å². The monoisotopic (exact) mass is 272 g/mol. The van der Waals surface area contributed by atoms with Gasteiger partial charge in [-0.05, 0) is 49.7 Å². The highest BCUT2D eigenvalue weighted by Gasteiger charge is 2.15. The minimum atomic E-state index is 0.00765. The topological polar surface area (TPSA) is 54.4 Å². The molecule has 1 aromatic heterocycles. The molecule has 1 aromatic carbocycles. The largest absolute Gasteiger partial charge is 0.508 e. The zero-order chi connectivity index (χ0) is 14.5. The average molecular weight is 272 g/mol. The Morgan fingerprint density at radius 1 is 1.10 bits per heavy atom. The van der Waals surface area contributed by atoms with Gasteiger partial charge in [0.15, 0.2) is 0 Å². The molecular weight excluding hydrogens is 252 g/mol. The predicted octanol–water partition coefficient (Wildman–Crippen LogP) is 3.21. The van der Waals surface area contributed by atoms with E-state index in [2.05, 4.69) is 17.2 Å². The van der Waals surface area contributed by atoms with Gasteiger partial charge in [-0.15, -0.1) is 0 Å². The first kappa shape index (κ1) is 14.3. The molecule has 0 saturated carbocycles. The van der Waals surface area contributed by atoms with Gasteiger partial charge in [0, 0.05) is 30.0 Å². The van der Waals surface area contributed by atoms with E-state index in [-0.39, 0.29) is 17.8 Å². The molecule has 2 unspecified atom stereocenters. The number of pyridine rings is 1. The van der Waals surface area contributed by atoms with Gasteiger partial charge in [0.25, 0.3) is 0 Å². The summed E-state index contributed by atoms with van der Waals surface area (Å²) < 4.78 is 5.20. The highest BCUT2D eigenvalue weighted by atomic mass is 16.5. The molecule has 0 fully saturated rings. The summed E-state index contributed by atoms with van der Waals surface area (Å²) in [5.74, 6) is 1.01. The molecule has 0 bridgehead atoms. The maximum Gasteiger partial charge on any atom is 0.120 e. The van der Waals surface area contributed by atoms with Gasteiger partial charge in [0.05, 0.1) is 7.11 Å². The van der Waals surface area contributed by atoms with E-state index in [0.29, 0.717) is 0 Å². The van der Waals surface area contributed by atoms with Gasteiger partial charge in [-0.3, -0.25) is 4.98 Å². The van der Waals surface area contributed by atoms with Gasteiger partial charge in [0.2, 0.25) is 0 Å². The van der Waals surface area contributed by atoms with Crippen molar-refractivity contribution in [2.24, 2.45) is 0 Å². The van der Waals surface area contributed by atoms with E-state index in [9.17, 15) is 5.11 Å². The fourth-order valence-electron chi connectivity index (χ4n) is 2.22. The van der Waals surface area contributed by atoms with E-state index in [1.807, 2.05) is 25.1 Å². The third kappa shape index (κ3) is 3.27. The second kappa shape index (κ2) is 6.39. The van der Waals surface area contributed by atoms with Crippen molar-refractivity contribution in [1.82, 2.24) is 10.3 Å². The van der Waals surface area contributed by atoms with Crippen molar-refractivity contribution in [2.45, 2.75) is 25.9 Å². The van der Waals surface area contributed by atoms with Crippen LogP contribution in [0.3, 0.4) is 0 Å². The molecule has 0 aliphatic heterocycles. The fraction of sp³-hybridized carbons (Fsp3) is 0.312. The Bertz CT molecular complexity index is 558. The van der Waals surface area contributed by atoms with Crippen LogP contribution in [-0.2, 0) is 0 Å². The highest BCUT2D eigenvalue weighted by molar-refractivity contribution is 5.41. The Balaban J connectivity index is 2.14. The molecule has 1 heterocycles. The van der Waals surface area contributed by atoms with Gasteiger partial charge >= 0.3 is 0 Å². The number of hydrogen-bond donors (Lipinski definition) is 2. The van der Waals surface area contributed by atoms with Crippen molar-refractivity contribution in [3.05, 3.63) is 53.9 Å². The van der Waals surface area contributed by atoms with Crippen LogP contribution in [0.1, 0.15) is 37.1 Å². The Morgan fingerprint density at radius 2 is 1.80 bits per heavy atom. The summed E-state index contributed by atoms with van der Waals surface area (Å²) >= 11 is 0. The fourth-order valence-corrected chi connectivity index (χ4v) is 2.22. The van der Waals surface area contributed by atoms with Crippen LogP contribution in [0.15, 0.2) is 42.7 Å². The standard InChI is InChI=1S/C16H20N2O2/c1-11(13-6-8-17-9-7-13)18-12(2)15-10-14(20-3)4-5-16(15)19/h4-12,18-19H,1-3H3. The number of hydrogen-bond acceptors (Lipinski definition) is 4. The van der Waals surface area contributed by atoms with Gasteiger partial charge in [-0.2, -0.15) is 0 Å². The lowest BCUT2D eigenvalue weighted by atomic mass is 10.0. The Labute approximate surface area is 119 Å². The summed E-state index contributed by atoms with van der Waals surface area (Å²) in [5.41, 5.74) is 1.99. The number of benzene rings is 1. The smallest absolute Gasteiger partial charge is 0.120 e. The first-order valence-electron chi connectivity index (χ1n) is 6.64. The Hall–Kier alpha value is -2.07. The first-order valence-corrected chi connectivity index (χ1v) is 6.64. The van der Waals surface area contributed by atoms with Crippen molar-refractivity contribution in [3.63, 3.8) is 0 Å². The number of phenolic OH excluding ortho intramolecular Hbond substituents is 1. The molecule has 0 aliphatic rings. The third-order valence-corrected chi connectivity index (χ3v) is 3.41. The average Bonchev–Trinajstić information content (AvgIpc) is 2.48. The zero-order valence-electron chi connectivity index (χ0n) is 12.0. The summed E-state index contributed by atoms with van der Waals surface area (Å²) in [7, 11) is 1.62. The van der Waals surface area contributed by atoms with Crippen LogP contribution in [0.4, 0.5) is 0 Å². The van der Waals surface area contributed by atoms with Crippen molar-refractivity contribution in [3.8, 4) is 11.5 Å². The summed E-state index contributed by atoms with van der Waals surface area (Å²) in [6, 6.07) is 9.39. The lowest BCUT2D eigenvalue weighted by Gasteiger charge is -2.21. The van der Waals surface area contributed by atoms with E-state index in [1.54, 1.807) is 31.6 Å². The third-order valence-electron chi connectivity index (χ3n) is 3.41. The van der Waals surface area contributed by atoms with Crippen LogP contribution in [-0.4, -0.2) is 17.2 Å². The van der Waals surface area contributed by atoms with E-state index >= 15 is 0 Å². The highest BCUT2D eigenvalue weighted by Crippen LogP contribution is 2.29. The number of aromatic nitrogens is 1. The molecule has 0 spiro atoms. The van der Waals surface area contributed by atoms with Crippen LogP contribution in [0.5, 0.6) is 11.5 Å². The molecule has 4 nitrogen and oxygen atoms in total. The van der Waals surface area contributed by atoms with E-state index in [1.165, 1.54) is 0 Å². The molecule has 0 aliphatic carbocycles. The Morgan fingerprint density at radius 3 is 2.45 bits per heavy atom. The second-order valence-corrected chi connectivity index (χ2v) is 4.82. The van der Waals surface area contributed by atoms with E-state index in [0.717, 1.165) is 16.9 Å². The maximum atomic E-state index is 9.98. The number of rotatable bonds is 5. The molecule has 0 amide bonds. The summed E-state index contributed by atoms with van der Waals surface area (Å²) in [5, 5.41) is 13.4. The lowest BCUT2D eigenvalue weighted by molar-refractivity contribution is 0.405. The van der Waals surface area contributed by atoms with Crippen molar-refractivity contribution in [2.75, 3.05) is 7.11 Å². The van der Waals surface area contributed by atoms with E-state index < -0.39 is 0 Å².